The highest BCUT2D eigenvalue weighted by atomic mass is 32.1. The Balaban J connectivity index is 2.05. The van der Waals surface area contributed by atoms with E-state index in [0.717, 1.165) is 29.0 Å². The molecule has 1 atom stereocenters. The third-order valence-electron chi connectivity index (χ3n) is 3.13. The van der Waals surface area contributed by atoms with Crippen LogP contribution in [0, 0.1) is 6.92 Å². The van der Waals surface area contributed by atoms with E-state index in [9.17, 15) is 0 Å². The molecule has 98 valence electrons. The molecule has 0 aliphatic rings. The second-order valence-corrected chi connectivity index (χ2v) is 5.31. The molecule has 0 amide bonds. The summed E-state index contributed by atoms with van der Waals surface area (Å²) in [7, 11) is 0. The maximum Gasteiger partial charge on any atom is 0.134 e. The second-order valence-electron chi connectivity index (χ2n) is 4.59. The molecule has 0 spiro atoms. The van der Waals surface area contributed by atoms with Gasteiger partial charge >= 0.3 is 0 Å². The molecule has 0 saturated heterocycles. The van der Waals surface area contributed by atoms with Crippen LogP contribution < -0.4 is 5.32 Å². The molecule has 3 aromatic rings. The highest BCUT2D eigenvalue weighted by Gasteiger charge is 2.19. The highest BCUT2D eigenvalue weighted by Crippen LogP contribution is 2.28. The van der Waals surface area contributed by atoms with Crippen LogP contribution in [-0.2, 0) is 0 Å². The van der Waals surface area contributed by atoms with Gasteiger partial charge in [-0.2, -0.15) is 0 Å². The third kappa shape index (κ3) is 2.41. The fraction of sp³-hybridized carbons (Fsp3) is 0.267. The summed E-state index contributed by atoms with van der Waals surface area (Å²) in [5, 5.41) is 6.63. The molecule has 0 bridgehead atoms. The van der Waals surface area contributed by atoms with Gasteiger partial charge in [0, 0.05) is 10.8 Å². The molecule has 0 aliphatic carbocycles. The van der Waals surface area contributed by atoms with E-state index in [1.54, 1.807) is 11.3 Å². The Kier molecular flexibility index (Phi) is 3.36. The van der Waals surface area contributed by atoms with E-state index in [1.807, 2.05) is 11.6 Å². The Bertz CT molecular complexity index is 673. The Morgan fingerprint density at radius 2 is 2.26 bits per heavy atom. The van der Waals surface area contributed by atoms with Crippen molar-refractivity contribution in [3.63, 3.8) is 0 Å². The van der Waals surface area contributed by atoms with Crippen LogP contribution in [-0.4, -0.2) is 11.5 Å². The normalized spacial score (nSPS) is 12.9. The molecule has 3 nitrogen and oxygen atoms in total. The first-order valence-electron chi connectivity index (χ1n) is 6.39. The Morgan fingerprint density at radius 3 is 3.00 bits per heavy atom. The minimum absolute atomic E-state index is 0.0314. The van der Waals surface area contributed by atoms with E-state index in [0.29, 0.717) is 0 Å². The summed E-state index contributed by atoms with van der Waals surface area (Å²) in [4.78, 5) is 4.40. The minimum Gasteiger partial charge on any atom is -0.459 e. The van der Waals surface area contributed by atoms with E-state index in [4.69, 9.17) is 4.42 Å². The number of aryl methyl sites for hydroxylation is 1. The second kappa shape index (κ2) is 5.15. The molecule has 3 rings (SSSR count). The number of rotatable bonds is 4. The lowest BCUT2D eigenvalue weighted by Gasteiger charge is -2.12. The number of hydrogen-bond donors (Lipinski definition) is 1. The van der Waals surface area contributed by atoms with Crippen molar-refractivity contribution in [1.29, 1.82) is 0 Å². The van der Waals surface area contributed by atoms with Gasteiger partial charge in [0.15, 0.2) is 0 Å². The van der Waals surface area contributed by atoms with Gasteiger partial charge in [-0.1, -0.05) is 18.6 Å². The average Bonchev–Trinajstić information content (AvgIpc) is 3.04. The molecule has 0 saturated carbocycles. The lowest BCUT2D eigenvalue weighted by Crippen LogP contribution is -2.21. The minimum atomic E-state index is 0.0314. The summed E-state index contributed by atoms with van der Waals surface area (Å²) in [5.41, 5.74) is 5.04. The fourth-order valence-electron chi connectivity index (χ4n) is 2.25. The van der Waals surface area contributed by atoms with Crippen molar-refractivity contribution < 1.29 is 4.42 Å². The van der Waals surface area contributed by atoms with Gasteiger partial charge in [-0.3, -0.25) is 0 Å². The molecule has 0 aliphatic heterocycles. The van der Waals surface area contributed by atoms with E-state index in [-0.39, 0.29) is 6.04 Å². The summed E-state index contributed by atoms with van der Waals surface area (Å²) >= 11 is 1.60. The molecule has 2 aromatic heterocycles. The van der Waals surface area contributed by atoms with Crippen LogP contribution in [0.1, 0.15) is 30.0 Å². The van der Waals surface area contributed by atoms with Gasteiger partial charge in [0.1, 0.15) is 17.4 Å². The Hall–Kier alpha value is -1.65. The molecule has 0 radical (unpaired) electrons. The summed E-state index contributed by atoms with van der Waals surface area (Å²) in [6.07, 6.45) is 0. The third-order valence-corrected chi connectivity index (χ3v) is 3.74. The SMILES string of the molecule is CCNC(c1cscn1)c1cc2cc(C)ccc2o1. The van der Waals surface area contributed by atoms with Crippen LogP contribution in [0.15, 0.2) is 39.6 Å². The first kappa shape index (κ1) is 12.4. The van der Waals surface area contributed by atoms with Crippen LogP contribution in [0.4, 0.5) is 0 Å². The zero-order chi connectivity index (χ0) is 13.2. The standard InChI is InChI=1S/C15H16N2OS/c1-3-16-15(12-8-19-9-17-12)14-7-11-6-10(2)4-5-13(11)18-14/h4-9,15-16H,3H2,1-2H3. The average molecular weight is 272 g/mol. The topological polar surface area (TPSA) is 38.1 Å². The van der Waals surface area contributed by atoms with Crippen LogP contribution in [0.2, 0.25) is 0 Å². The zero-order valence-electron chi connectivity index (χ0n) is 11.0. The van der Waals surface area contributed by atoms with Crippen molar-refractivity contribution in [1.82, 2.24) is 10.3 Å². The number of thiazole rings is 1. The molecule has 1 N–H and O–H groups in total. The molecule has 0 fully saturated rings. The molecule has 1 aromatic carbocycles. The van der Waals surface area contributed by atoms with E-state index in [2.05, 4.69) is 47.7 Å². The van der Waals surface area contributed by atoms with E-state index < -0.39 is 0 Å². The number of aromatic nitrogens is 1. The maximum absolute atomic E-state index is 5.96. The fourth-order valence-corrected chi connectivity index (χ4v) is 2.82. The van der Waals surface area contributed by atoms with E-state index in [1.165, 1.54) is 5.56 Å². The van der Waals surface area contributed by atoms with Gasteiger partial charge < -0.3 is 9.73 Å². The number of fused-ring (bicyclic) bond motifs is 1. The molecule has 19 heavy (non-hydrogen) atoms. The van der Waals surface area contributed by atoms with Gasteiger partial charge in [0.2, 0.25) is 0 Å². The lowest BCUT2D eigenvalue weighted by atomic mass is 10.1. The molecule has 2 heterocycles. The van der Waals surface area contributed by atoms with Gasteiger partial charge in [-0.25, -0.2) is 4.98 Å². The van der Waals surface area contributed by atoms with Gasteiger partial charge in [-0.15, -0.1) is 11.3 Å². The molecular weight excluding hydrogens is 256 g/mol. The summed E-state index contributed by atoms with van der Waals surface area (Å²) in [5.74, 6) is 0.924. The molecule has 1 unspecified atom stereocenters. The maximum atomic E-state index is 5.96. The Labute approximate surface area is 116 Å². The monoisotopic (exact) mass is 272 g/mol. The highest BCUT2D eigenvalue weighted by molar-refractivity contribution is 7.07. The van der Waals surface area contributed by atoms with Crippen LogP contribution >= 0.6 is 11.3 Å². The van der Waals surface area contributed by atoms with Crippen molar-refractivity contribution >= 4 is 22.3 Å². The first-order valence-corrected chi connectivity index (χ1v) is 7.34. The van der Waals surface area contributed by atoms with Crippen molar-refractivity contribution in [2.45, 2.75) is 19.9 Å². The lowest BCUT2D eigenvalue weighted by molar-refractivity contribution is 0.472. The first-order chi connectivity index (χ1) is 9.28. The number of nitrogens with one attached hydrogen (secondary N) is 1. The summed E-state index contributed by atoms with van der Waals surface area (Å²) in [6, 6.07) is 8.38. The molecule has 4 heteroatoms. The smallest absolute Gasteiger partial charge is 0.134 e. The van der Waals surface area contributed by atoms with Crippen molar-refractivity contribution in [3.8, 4) is 0 Å². The van der Waals surface area contributed by atoms with E-state index >= 15 is 0 Å². The zero-order valence-corrected chi connectivity index (χ0v) is 11.8. The number of nitrogens with zero attached hydrogens (tertiary/aromatic N) is 1. The quantitative estimate of drug-likeness (QED) is 0.783. The number of hydrogen-bond acceptors (Lipinski definition) is 4. The van der Waals surface area contributed by atoms with Crippen LogP contribution in [0.5, 0.6) is 0 Å². The van der Waals surface area contributed by atoms with Crippen molar-refractivity contribution in [3.05, 3.63) is 52.2 Å². The molecular formula is C15H16N2OS. The van der Waals surface area contributed by atoms with Crippen LogP contribution in [0.3, 0.4) is 0 Å². The van der Waals surface area contributed by atoms with Crippen molar-refractivity contribution in [2.75, 3.05) is 6.54 Å². The van der Waals surface area contributed by atoms with Gasteiger partial charge in [0.25, 0.3) is 0 Å². The summed E-state index contributed by atoms with van der Waals surface area (Å²) < 4.78 is 5.96. The largest absolute Gasteiger partial charge is 0.459 e. The van der Waals surface area contributed by atoms with Gasteiger partial charge in [0.05, 0.1) is 11.2 Å². The number of furan rings is 1. The van der Waals surface area contributed by atoms with Crippen molar-refractivity contribution in [2.24, 2.45) is 0 Å². The number of benzene rings is 1. The van der Waals surface area contributed by atoms with Crippen LogP contribution in [0.25, 0.3) is 11.0 Å². The predicted octanol–water partition coefficient (Wildman–Crippen LogP) is 3.90. The van der Waals surface area contributed by atoms with Gasteiger partial charge in [-0.05, 0) is 31.7 Å². The predicted molar refractivity (Wildman–Crippen MR) is 78.6 cm³/mol. The Morgan fingerprint density at radius 1 is 1.37 bits per heavy atom. The summed E-state index contributed by atoms with van der Waals surface area (Å²) in [6.45, 7) is 5.05.